The van der Waals surface area contributed by atoms with Crippen LogP contribution in [0.25, 0.3) is 0 Å². The van der Waals surface area contributed by atoms with Gasteiger partial charge in [0.25, 0.3) is 5.69 Å². The third-order valence-corrected chi connectivity index (χ3v) is 4.93. The normalized spacial score (nSPS) is 18.5. The van der Waals surface area contributed by atoms with E-state index in [1.165, 1.54) is 6.07 Å². The van der Waals surface area contributed by atoms with E-state index in [1.54, 1.807) is 19.1 Å². The van der Waals surface area contributed by atoms with E-state index < -0.39 is 4.92 Å². The zero-order valence-corrected chi connectivity index (χ0v) is 19.1. The number of aliphatic hydroxyl groups is 2. The standard InChI is InChI=1S/C12H17N3O2.C8H17NO.C2H6O/c1-8(2)9(3)7-14-11-5-4-10(13)6-12(11)15(16)17;1-3-9-5-4-8(10)6-7(9)2;1-2-3/h4-6,8,14H,3,7,13H2,1-2H3;7-8,10H,3-6H2,1-2H3;3H,2H2,1H3. The molecular formula is C22H40N4O4. The van der Waals surface area contributed by atoms with Crippen molar-refractivity contribution in [2.24, 2.45) is 5.92 Å². The number of nitrogens with one attached hydrogen (secondary N) is 1. The van der Waals surface area contributed by atoms with Crippen molar-refractivity contribution < 1.29 is 15.1 Å². The summed E-state index contributed by atoms with van der Waals surface area (Å²) < 4.78 is 0. The van der Waals surface area contributed by atoms with Crippen molar-refractivity contribution >= 4 is 17.1 Å². The van der Waals surface area contributed by atoms with E-state index in [4.69, 9.17) is 10.8 Å². The maximum absolute atomic E-state index is 10.8. The van der Waals surface area contributed by atoms with Gasteiger partial charge in [-0.15, -0.1) is 0 Å². The topological polar surface area (TPSA) is 125 Å². The van der Waals surface area contributed by atoms with E-state index in [-0.39, 0.29) is 18.4 Å². The quantitative estimate of drug-likeness (QED) is 0.238. The molecule has 0 radical (unpaired) electrons. The van der Waals surface area contributed by atoms with Crippen molar-refractivity contribution in [3.8, 4) is 0 Å². The van der Waals surface area contributed by atoms with Crippen molar-refractivity contribution in [1.82, 2.24) is 4.90 Å². The summed E-state index contributed by atoms with van der Waals surface area (Å²) in [7, 11) is 0. The first-order chi connectivity index (χ1) is 14.1. The highest BCUT2D eigenvalue weighted by Crippen LogP contribution is 2.27. The van der Waals surface area contributed by atoms with E-state index >= 15 is 0 Å². The van der Waals surface area contributed by atoms with Crippen molar-refractivity contribution in [1.29, 1.82) is 0 Å². The van der Waals surface area contributed by atoms with Gasteiger partial charge in [-0.3, -0.25) is 10.1 Å². The van der Waals surface area contributed by atoms with E-state index in [2.05, 4.69) is 30.6 Å². The molecule has 1 aliphatic heterocycles. The number of nitro benzene ring substituents is 1. The zero-order chi connectivity index (χ0) is 23.3. The highest BCUT2D eigenvalue weighted by atomic mass is 16.6. The molecule has 5 N–H and O–H groups in total. The van der Waals surface area contributed by atoms with Crippen LogP contribution in [-0.4, -0.2) is 58.4 Å². The lowest BCUT2D eigenvalue weighted by molar-refractivity contribution is -0.383. The Morgan fingerprint density at radius 1 is 1.43 bits per heavy atom. The Kier molecular flexibility index (Phi) is 13.7. The van der Waals surface area contributed by atoms with Gasteiger partial charge in [0.15, 0.2) is 0 Å². The smallest absolute Gasteiger partial charge is 0.294 e. The molecule has 0 amide bonds. The first-order valence-corrected chi connectivity index (χ1v) is 10.6. The van der Waals surface area contributed by atoms with Crippen LogP contribution in [0.4, 0.5) is 17.1 Å². The number of benzene rings is 1. The summed E-state index contributed by atoms with van der Waals surface area (Å²) >= 11 is 0. The molecule has 1 saturated heterocycles. The Morgan fingerprint density at radius 2 is 2.03 bits per heavy atom. The number of nitrogens with zero attached hydrogens (tertiary/aromatic N) is 2. The van der Waals surface area contributed by atoms with Gasteiger partial charge in [-0.2, -0.15) is 0 Å². The van der Waals surface area contributed by atoms with E-state index in [0.717, 1.165) is 31.5 Å². The lowest BCUT2D eigenvalue weighted by Gasteiger charge is -2.34. The third-order valence-electron chi connectivity index (χ3n) is 4.93. The second-order valence-corrected chi connectivity index (χ2v) is 7.67. The maximum Gasteiger partial charge on any atom is 0.294 e. The van der Waals surface area contributed by atoms with Crippen LogP contribution < -0.4 is 11.1 Å². The second kappa shape index (κ2) is 14.8. The highest BCUT2D eigenvalue weighted by Gasteiger charge is 2.21. The summed E-state index contributed by atoms with van der Waals surface area (Å²) in [6, 6.07) is 5.17. The highest BCUT2D eigenvalue weighted by molar-refractivity contribution is 5.67. The van der Waals surface area contributed by atoms with Gasteiger partial charge in [-0.1, -0.05) is 32.9 Å². The van der Waals surface area contributed by atoms with Gasteiger partial charge in [-0.05, 0) is 51.3 Å². The predicted molar refractivity (Wildman–Crippen MR) is 125 cm³/mol. The molecule has 1 aromatic carbocycles. The Bertz CT molecular complexity index is 652. The molecular weight excluding hydrogens is 384 g/mol. The number of rotatable bonds is 6. The van der Waals surface area contributed by atoms with Crippen LogP contribution in [0.5, 0.6) is 0 Å². The van der Waals surface area contributed by atoms with Crippen LogP contribution in [0.1, 0.15) is 47.5 Å². The van der Waals surface area contributed by atoms with Crippen LogP contribution in [0, 0.1) is 16.0 Å². The number of aliphatic hydroxyl groups excluding tert-OH is 2. The van der Waals surface area contributed by atoms with Gasteiger partial charge in [0.2, 0.25) is 0 Å². The molecule has 0 aliphatic carbocycles. The minimum atomic E-state index is -0.448. The monoisotopic (exact) mass is 424 g/mol. The molecule has 1 fully saturated rings. The Morgan fingerprint density at radius 3 is 2.50 bits per heavy atom. The van der Waals surface area contributed by atoms with E-state index in [9.17, 15) is 15.2 Å². The number of piperidine rings is 1. The number of nitro groups is 1. The molecule has 1 aliphatic rings. The predicted octanol–water partition coefficient (Wildman–Crippen LogP) is 3.65. The van der Waals surface area contributed by atoms with Crippen molar-refractivity contribution in [3.63, 3.8) is 0 Å². The van der Waals surface area contributed by atoms with Crippen LogP contribution in [0.3, 0.4) is 0 Å². The second-order valence-electron chi connectivity index (χ2n) is 7.67. The number of nitrogen functional groups attached to an aromatic ring is 1. The lowest BCUT2D eigenvalue weighted by atomic mass is 10.0. The summed E-state index contributed by atoms with van der Waals surface area (Å²) in [6.07, 6.45) is 1.87. The SMILES string of the molecule is C=C(CNc1ccc(N)cc1[N+](=O)[O-])C(C)C.CCN1CCC(O)CC1C.CCO. The molecule has 2 rings (SSSR count). The fraction of sp³-hybridized carbons (Fsp3) is 0.636. The third kappa shape index (κ3) is 10.6. The Hall–Kier alpha value is -2.16. The van der Waals surface area contributed by atoms with Crippen LogP contribution >= 0.6 is 0 Å². The van der Waals surface area contributed by atoms with Gasteiger partial charge >= 0.3 is 0 Å². The fourth-order valence-corrected chi connectivity index (χ4v) is 2.93. The van der Waals surface area contributed by atoms with Crippen LogP contribution in [0.15, 0.2) is 30.4 Å². The number of likely N-dealkylation sites (tertiary alicyclic amines) is 1. The summed E-state index contributed by atoms with van der Waals surface area (Å²) in [4.78, 5) is 12.8. The molecule has 8 nitrogen and oxygen atoms in total. The summed E-state index contributed by atoms with van der Waals surface area (Å²) in [5, 5.41) is 30.7. The van der Waals surface area contributed by atoms with Gasteiger partial charge in [-0.25, -0.2) is 0 Å². The summed E-state index contributed by atoms with van der Waals surface area (Å²) in [5.41, 5.74) is 7.35. The Balaban J connectivity index is 0.000000546. The molecule has 30 heavy (non-hydrogen) atoms. The number of nitrogens with two attached hydrogens (primary N) is 1. The fourth-order valence-electron chi connectivity index (χ4n) is 2.93. The van der Waals surface area contributed by atoms with Crippen molar-refractivity contribution in [3.05, 3.63) is 40.5 Å². The van der Waals surface area contributed by atoms with E-state index in [1.807, 2.05) is 13.8 Å². The summed E-state index contributed by atoms with van der Waals surface area (Å²) in [6.45, 7) is 17.0. The molecule has 2 unspecified atom stereocenters. The van der Waals surface area contributed by atoms with Crippen molar-refractivity contribution in [2.75, 3.05) is 37.3 Å². The van der Waals surface area contributed by atoms with Gasteiger partial charge < -0.3 is 26.2 Å². The summed E-state index contributed by atoms with van der Waals surface area (Å²) in [5.74, 6) is 0.343. The molecule has 0 saturated carbocycles. The first-order valence-electron chi connectivity index (χ1n) is 10.6. The van der Waals surface area contributed by atoms with Crippen molar-refractivity contribution in [2.45, 2.75) is 59.6 Å². The van der Waals surface area contributed by atoms with Crippen LogP contribution in [0.2, 0.25) is 0 Å². The molecule has 1 heterocycles. The minimum Gasteiger partial charge on any atom is -0.399 e. The van der Waals surface area contributed by atoms with Gasteiger partial charge in [0.05, 0.1) is 11.0 Å². The minimum absolute atomic E-state index is 0.0124. The largest absolute Gasteiger partial charge is 0.399 e. The molecule has 1 aromatic rings. The molecule has 172 valence electrons. The molecule has 8 heteroatoms. The van der Waals surface area contributed by atoms with Gasteiger partial charge in [0, 0.05) is 37.5 Å². The average Bonchev–Trinajstić information content (AvgIpc) is 2.67. The zero-order valence-electron chi connectivity index (χ0n) is 19.1. The van der Waals surface area contributed by atoms with Gasteiger partial charge in [0.1, 0.15) is 5.69 Å². The molecule has 0 spiro atoms. The van der Waals surface area contributed by atoms with Crippen LogP contribution in [-0.2, 0) is 0 Å². The molecule has 0 aromatic heterocycles. The number of hydrogen-bond donors (Lipinski definition) is 4. The molecule has 0 bridgehead atoms. The molecule has 2 atom stereocenters. The first kappa shape index (κ1) is 27.8. The lowest BCUT2D eigenvalue weighted by Crippen LogP contribution is -2.42. The Labute approximate surface area is 180 Å². The van der Waals surface area contributed by atoms with E-state index in [0.29, 0.717) is 29.9 Å². The maximum atomic E-state index is 10.8. The number of hydrogen-bond acceptors (Lipinski definition) is 7. The number of anilines is 2. The average molecular weight is 425 g/mol.